The van der Waals surface area contributed by atoms with Gasteiger partial charge in [0.15, 0.2) is 0 Å². The predicted molar refractivity (Wildman–Crippen MR) is 83.4 cm³/mol. The van der Waals surface area contributed by atoms with E-state index >= 15 is 0 Å². The van der Waals surface area contributed by atoms with E-state index in [-0.39, 0.29) is 6.42 Å². The summed E-state index contributed by atoms with van der Waals surface area (Å²) >= 11 is 1.96. The van der Waals surface area contributed by atoms with Gasteiger partial charge in [-0.15, -0.1) is 11.8 Å². The lowest BCUT2D eigenvalue weighted by atomic mass is 10.1. The number of carboxylic acid groups (broad SMARTS) is 1. The SMILES string of the molecule is CC(C)N(CCCC(=O)O)CC1Cc2ccccc2S1. The third kappa shape index (κ3) is 4.25. The number of hydrogen-bond donors (Lipinski definition) is 1. The van der Waals surface area contributed by atoms with Crippen molar-refractivity contribution in [2.75, 3.05) is 13.1 Å². The normalized spacial score (nSPS) is 17.7. The Labute approximate surface area is 125 Å². The van der Waals surface area contributed by atoms with Gasteiger partial charge in [-0.3, -0.25) is 9.69 Å². The zero-order valence-corrected chi connectivity index (χ0v) is 13.0. The minimum atomic E-state index is -0.698. The van der Waals surface area contributed by atoms with Gasteiger partial charge in [0, 0.05) is 29.2 Å². The second-order valence-electron chi connectivity index (χ2n) is 5.64. The largest absolute Gasteiger partial charge is 0.481 e. The first-order chi connectivity index (χ1) is 9.56. The highest BCUT2D eigenvalue weighted by Crippen LogP contribution is 2.37. The summed E-state index contributed by atoms with van der Waals surface area (Å²) in [6.45, 7) is 6.29. The van der Waals surface area contributed by atoms with Crippen molar-refractivity contribution < 1.29 is 9.90 Å². The van der Waals surface area contributed by atoms with Gasteiger partial charge in [0.25, 0.3) is 0 Å². The summed E-state index contributed by atoms with van der Waals surface area (Å²) in [6.07, 6.45) is 2.13. The van der Waals surface area contributed by atoms with Crippen molar-refractivity contribution in [3.63, 3.8) is 0 Å². The minimum Gasteiger partial charge on any atom is -0.481 e. The van der Waals surface area contributed by atoms with Crippen molar-refractivity contribution in [2.45, 2.75) is 49.3 Å². The molecule has 4 heteroatoms. The highest BCUT2D eigenvalue weighted by molar-refractivity contribution is 8.00. The first-order valence-electron chi connectivity index (χ1n) is 7.26. The zero-order valence-electron chi connectivity index (χ0n) is 12.2. The summed E-state index contributed by atoms with van der Waals surface area (Å²) in [5.74, 6) is -0.698. The fraction of sp³-hybridized carbons (Fsp3) is 0.562. The summed E-state index contributed by atoms with van der Waals surface area (Å²) < 4.78 is 0. The molecule has 1 aromatic carbocycles. The van der Waals surface area contributed by atoms with Gasteiger partial charge in [-0.05, 0) is 44.9 Å². The van der Waals surface area contributed by atoms with E-state index in [1.54, 1.807) is 0 Å². The summed E-state index contributed by atoms with van der Waals surface area (Å²) in [6, 6.07) is 9.08. The number of hydrogen-bond acceptors (Lipinski definition) is 3. The van der Waals surface area contributed by atoms with Crippen LogP contribution >= 0.6 is 11.8 Å². The van der Waals surface area contributed by atoms with E-state index in [9.17, 15) is 4.79 Å². The van der Waals surface area contributed by atoms with Gasteiger partial charge in [0.05, 0.1) is 0 Å². The highest BCUT2D eigenvalue weighted by atomic mass is 32.2. The van der Waals surface area contributed by atoms with E-state index in [0.717, 1.165) is 25.9 Å². The molecular formula is C16H23NO2S. The van der Waals surface area contributed by atoms with Gasteiger partial charge >= 0.3 is 5.97 Å². The Morgan fingerprint density at radius 1 is 1.45 bits per heavy atom. The van der Waals surface area contributed by atoms with Crippen LogP contribution < -0.4 is 0 Å². The van der Waals surface area contributed by atoms with Crippen molar-refractivity contribution in [1.29, 1.82) is 0 Å². The molecule has 0 radical (unpaired) electrons. The van der Waals surface area contributed by atoms with Crippen molar-refractivity contribution in [3.8, 4) is 0 Å². The molecule has 1 aliphatic heterocycles. The fourth-order valence-corrected chi connectivity index (χ4v) is 3.96. The number of carbonyl (C=O) groups is 1. The molecule has 0 bridgehead atoms. The third-order valence-electron chi connectivity index (χ3n) is 3.72. The molecule has 1 N–H and O–H groups in total. The van der Waals surface area contributed by atoms with E-state index in [1.165, 1.54) is 10.5 Å². The molecule has 20 heavy (non-hydrogen) atoms. The van der Waals surface area contributed by atoms with Gasteiger partial charge in [-0.1, -0.05) is 18.2 Å². The van der Waals surface area contributed by atoms with Crippen LogP contribution in [0.1, 0.15) is 32.3 Å². The van der Waals surface area contributed by atoms with Gasteiger partial charge in [0.1, 0.15) is 0 Å². The van der Waals surface area contributed by atoms with Gasteiger partial charge in [-0.25, -0.2) is 0 Å². The van der Waals surface area contributed by atoms with E-state index in [2.05, 4.69) is 43.0 Å². The monoisotopic (exact) mass is 293 g/mol. The first kappa shape index (κ1) is 15.4. The Bertz CT molecular complexity index is 437. The molecule has 1 heterocycles. The third-order valence-corrected chi connectivity index (χ3v) is 5.02. The number of carboxylic acids is 1. The van der Waals surface area contributed by atoms with E-state index < -0.39 is 5.97 Å². The predicted octanol–water partition coefficient (Wildman–Crippen LogP) is 3.28. The molecule has 0 fully saturated rings. The number of thioether (sulfide) groups is 1. The molecule has 0 spiro atoms. The van der Waals surface area contributed by atoms with Crippen LogP contribution in [0.25, 0.3) is 0 Å². The molecule has 1 aromatic rings. The summed E-state index contributed by atoms with van der Waals surface area (Å²) in [5.41, 5.74) is 1.46. The smallest absolute Gasteiger partial charge is 0.303 e. The maximum absolute atomic E-state index is 10.6. The average Bonchev–Trinajstić information content (AvgIpc) is 2.79. The Balaban J connectivity index is 1.85. The first-order valence-corrected chi connectivity index (χ1v) is 8.14. The Kier molecular flexibility index (Phi) is 5.49. The van der Waals surface area contributed by atoms with Crippen LogP contribution in [0.2, 0.25) is 0 Å². The second-order valence-corrected chi connectivity index (χ2v) is 6.98. The molecule has 0 saturated carbocycles. The van der Waals surface area contributed by atoms with Gasteiger partial charge < -0.3 is 5.11 Å². The Morgan fingerprint density at radius 2 is 2.20 bits per heavy atom. The van der Waals surface area contributed by atoms with Crippen LogP contribution in [0.5, 0.6) is 0 Å². The van der Waals surface area contributed by atoms with Crippen molar-refractivity contribution in [3.05, 3.63) is 29.8 Å². The molecule has 110 valence electrons. The summed E-state index contributed by atoms with van der Waals surface area (Å²) in [4.78, 5) is 14.4. The molecule has 1 unspecified atom stereocenters. The molecule has 0 amide bonds. The van der Waals surface area contributed by atoms with Crippen LogP contribution in [0.15, 0.2) is 29.2 Å². The molecule has 0 saturated heterocycles. The second kappa shape index (κ2) is 7.14. The zero-order chi connectivity index (χ0) is 14.5. The van der Waals surface area contributed by atoms with Crippen molar-refractivity contribution in [2.24, 2.45) is 0 Å². The molecular weight excluding hydrogens is 270 g/mol. The fourth-order valence-electron chi connectivity index (χ4n) is 2.61. The average molecular weight is 293 g/mol. The van der Waals surface area contributed by atoms with Crippen LogP contribution in [0, 0.1) is 0 Å². The lowest BCUT2D eigenvalue weighted by Gasteiger charge is -2.28. The quantitative estimate of drug-likeness (QED) is 0.837. The number of fused-ring (bicyclic) bond motifs is 1. The molecule has 1 aliphatic rings. The molecule has 1 atom stereocenters. The highest BCUT2D eigenvalue weighted by Gasteiger charge is 2.24. The summed E-state index contributed by atoms with van der Waals surface area (Å²) in [5, 5.41) is 9.34. The molecule has 0 aliphatic carbocycles. The number of rotatable bonds is 7. The molecule has 0 aromatic heterocycles. The van der Waals surface area contributed by atoms with Gasteiger partial charge in [-0.2, -0.15) is 0 Å². The van der Waals surface area contributed by atoms with Gasteiger partial charge in [0.2, 0.25) is 0 Å². The molecule has 3 nitrogen and oxygen atoms in total. The lowest BCUT2D eigenvalue weighted by molar-refractivity contribution is -0.137. The number of aliphatic carboxylic acids is 1. The number of benzene rings is 1. The maximum Gasteiger partial charge on any atom is 0.303 e. The minimum absolute atomic E-state index is 0.265. The van der Waals surface area contributed by atoms with Crippen LogP contribution in [-0.2, 0) is 11.2 Å². The van der Waals surface area contributed by atoms with Crippen molar-refractivity contribution in [1.82, 2.24) is 4.90 Å². The maximum atomic E-state index is 10.6. The Hall–Kier alpha value is -1.00. The van der Waals surface area contributed by atoms with Crippen LogP contribution in [-0.4, -0.2) is 40.4 Å². The molecule has 2 rings (SSSR count). The van der Waals surface area contributed by atoms with E-state index in [0.29, 0.717) is 11.3 Å². The standard InChI is InChI=1S/C16H23NO2S/c1-12(2)17(9-5-8-16(18)19)11-14-10-13-6-3-4-7-15(13)20-14/h3-4,6-7,12,14H,5,8-11H2,1-2H3,(H,18,19). The van der Waals surface area contributed by atoms with Crippen LogP contribution in [0.4, 0.5) is 0 Å². The van der Waals surface area contributed by atoms with E-state index in [4.69, 9.17) is 5.11 Å². The number of nitrogens with zero attached hydrogens (tertiary/aromatic N) is 1. The van der Waals surface area contributed by atoms with E-state index in [1.807, 2.05) is 11.8 Å². The summed E-state index contributed by atoms with van der Waals surface area (Å²) in [7, 11) is 0. The topological polar surface area (TPSA) is 40.5 Å². The van der Waals surface area contributed by atoms with Crippen molar-refractivity contribution >= 4 is 17.7 Å². The van der Waals surface area contributed by atoms with Crippen LogP contribution in [0.3, 0.4) is 0 Å². The lowest BCUT2D eigenvalue weighted by Crippen LogP contribution is -2.37. The Morgan fingerprint density at radius 3 is 2.85 bits per heavy atom.